The van der Waals surface area contributed by atoms with Crippen LogP contribution in [0.5, 0.6) is 0 Å². The Labute approximate surface area is 242 Å². The average Bonchev–Trinajstić information content (AvgIpc) is 3.57. The normalized spacial score (nSPS) is 11.3. The lowest BCUT2D eigenvalue weighted by atomic mass is 9.99. The Hall–Kier alpha value is -6.10. The van der Waals surface area contributed by atoms with Gasteiger partial charge >= 0.3 is 0 Å². The van der Waals surface area contributed by atoms with E-state index < -0.39 is 0 Å². The van der Waals surface area contributed by atoms with E-state index in [4.69, 9.17) is 0 Å². The molecule has 0 spiro atoms. The van der Waals surface area contributed by atoms with E-state index in [0.29, 0.717) is 11.1 Å². The van der Waals surface area contributed by atoms with Crippen LogP contribution in [-0.2, 0) is 0 Å². The van der Waals surface area contributed by atoms with Gasteiger partial charge in [-0.3, -0.25) is 0 Å². The van der Waals surface area contributed by atoms with Gasteiger partial charge in [0, 0.05) is 38.5 Å². The first-order valence-electron chi connectivity index (χ1n) is 13.8. The molecule has 8 rings (SSSR count). The van der Waals surface area contributed by atoms with E-state index >= 15 is 0 Å². The first-order chi connectivity index (χ1) is 20.7. The number of nitrogens with zero attached hydrogens (tertiary/aromatic N) is 4. The summed E-state index contributed by atoms with van der Waals surface area (Å²) in [5, 5.41) is 23.8. The molecule has 0 aliphatic rings. The Morgan fingerprint density at radius 2 is 1.07 bits per heavy atom. The number of benzene rings is 6. The van der Waals surface area contributed by atoms with Gasteiger partial charge in [0.25, 0.3) is 0 Å². The maximum atomic E-state index is 9.72. The Kier molecular flexibility index (Phi) is 5.22. The van der Waals surface area contributed by atoms with Gasteiger partial charge in [0.15, 0.2) is 0 Å². The molecule has 0 radical (unpaired) electrons. The third-order valence-electron chi connectivity index (χ3n) is 8.15. The molecule has 0 aliphatic carbocycles. The summed E-state index contributed by atoms with van der Waals surface area (Å²) in [5.74, 6) is 0. The molecule has 42 heavy (non-hydrogen) atoms. The molecule has 194 valence electrons. The number of aromatic nitrogens is 2. The molecule has 6 aromatic carbocycles. The predicted octanol–water partition coefficient (Wildman–Crippen LogP) is 9.29. The van der Waals surface area contributed by atoms with Crippen molar-refractivity contribution in [2.75, 3.05) is 0 Å². The summed E-state index contributed by atoms with van der Waals surface area (Å²) in [6.07, 6.45) is 0. The molecule has 2 heterocycles. The predicted molar refractivity (Wildman–Crippen MR) is 170 cm³/mol. The summed E-state index contributed by atoms with van der Waals surface area (Å²) in [6, 6.07) is 50.2. The van der Waals surface area contributed by atoms with Crippen molar-refractivity contribution in [3.8, 4) is 34.6 Å². The Morgan fingerprint density at radius 1 is 0.429 bits per heavy atom. The molecule has 0 unspecified atom stereocenters. The van der Waals surface area contributed by atoms with Crippen LogP contribution >= 0.6 is 0 Å². The zero-order valence-electron chi connectivity index (χ0n) is 22.5. The molecule has 4 heteroatoms. The van der Waals surface area contributed by atoms with Gasteiger partial charge in [0.2, 0.25) is 0 Å². The zero-order chi connectivity index (χ0) is 28.2. The van der Waals surface area contributed by atoms with Crippen LogP contribution in [0.3, 0.4) is 0 Å². The molecule has 0 fully saturated rings. The Morgan fingerprint density at radius 3 is 1.90 bits per heavy atom. The molecule has 8 aromatic rings. The van der Waals surface area contributed by atoms with E-state index in [0.717, 1.165) is 49.8 Å². The molecule has 4 nitrogen and oxygen atoms in total. The van der Waals surface area contributed by atoms with Crippen LogP contribution in [0.2, 0.25) is 0 Å². The fourth-order valence-corrected chi connectivity index (χ4v) is 6.35. The van der Waals surface area contributed by atoms with Gasteiger partial charge in [0.05, 0.1) is 45.3 Å². The van der Waals surface area contributed by atoms with Crippen LogP contribution in [0.4, 0.5) is 0 Å². The van der Waals surface area contributed by atoms with Crippen LogP contribution in [0.25, 0.3) is 66.1 Å². The standard InChI is InChI=1S/C38H22N4/c39-23-25-8-6-11-29(20-25)41-36-18-16-26(24-40)21-33(36)34-22-27(17-19-37(34)41)30-13-7-14-32-31-12-4-5-15-35(31)42(38(30)32)28-9-2-1-3-10-28/h1-22H. The number of nitriles is 2. The minimum atomic E-state index is 0.605. The summed E-state index contributed by atoms with van der Waals surface area (Å²) in [7, 11) is 0. The molecule has 0 atom stereocenters. The number of hydrogen-bond donors (Lipinski definition) is 0. The van der Waals surface area contributed by atoms with Gasteiger partial charge in [-0.2, -0.15) is 10.5 Å². The lowest BCUT2D eigenvalue weighted by molar-refractivity contribution is 1.17. The van der Waals surface area contributed by atoms with Crippen molar-refractivity contribution in [2.45, 2.75) is 0 Å². The van der Waals surface area contributed by atoms with E-state index in [-0.39, 0.29) is 0 Å². The van der Waals surface area contributed by atoms with Crippen molar-refractivity contribution in [2.24, 2.45) is 0 Å². The molecular formula is C38H22N4. The third kappa shape index (κ3) is 3.47. The SMILES string of the molecule is N#Cc1cccc(-n2c3ccc(C#N)cc3c3cc(-c4cccc5c6ccccc6n(-c6ccccc6)c45)ccc32)c1. The average molecular weight is 535 g/mol. The van der Waals surface area contributed by atoms with Crippen molar-refractivity contribution in [1.82, 2.24) is 9.13 Å². The number of para-hydroxylation sites is 3. The molecule has 0 saturated carbocycles. The lowest BCUT2D eigenvalue weighted by Gasteiger charge is -2.12. The number of rotatable bonds is 3. The maximum absolute atomic E-state index is 9.72. The summed E-state index contributed by atoms with van der Waals surface area (Å²) in [6.45, 7) is 0. The highest BCUT2D eigenvalue weighted by Crippen LogP contribution is 2.40. The highest BCUT2D eigenvalue weighted by atomic mass is 15.0. The summed E-state index contributed by atoms with van der Waals surface area (Å²) in [5.41, 5.74) is 9.83. The summed E-state index contributed by atoms with van der Waals surface area (Å²) >= 11 is 0. The third-order valence-corrected chi connectivity index (χ3v) is 8.15. The summed E-state index contributed by atoms with van der Waals surface area (Å²) < 4.78 is 4.53. The summed E-state index contributed by atoms with van der Waals surface area (Å²) in [4.78, 5) is 0. The highest BCUT2D eigenvalue weighted by Gasteiger charge is 2.18. The zero-order valence-corrected chi connectivity index (χ0v) is 22.5. The monoisotopic (exact) mass is 534 g/mol. The van der Waals surface area contributed by atoms with Crippen molar-refractivity contribution in [1.29, 1.82) is 10.5 Å². The molecular weight excluding hydrogens is 512 g/mol. The Balaban J connectivity index is 1.46. The lowest BCUT2D eigenvalue weighted by Crippen LogP contribution is -1.95. The minimum absolute atomic E-state index is 0.605. The Bertz CT molecular complexity index is 2430. The van der Waals surface area contributed by atoms with Gasteiger partial charge in [-0.05, 0) is 72.3 Å². The first-order valence-corrected chi connectivity index (χ1v) is 13.8. The van der Waals surface area contributed by atoms with Crippen LogP contribution in [0.15, 0.2) is 133 Å². The van der Waals surface area contributed by atoms with Crippen LogP contribution in [0, 0.1) is 22.7 Å². The number of fused-ring (bicyclic) bond motifs is 6. The van der Waals surface area contributed by atoms with Gasteiger partial charge < -0.3 is 9.13 Å². The molecule has 0 amide bonds. The topological polar surface area (TPSA) is 57.4 Å². The molecule has 2 aromatic heterocycles. The van der Waals surface area contributed by atoms with Gasteiger partial charge in [-0.25, -0.2) is 0 Å². The molecule has 0 saturated heterocycles. The number of hydrogen-bond acceptors (Lipinski definition) is 2. The van der Waals surface area contributed by atoms with Gasteiger partial charge in [-0.15, -0.1) is 0 Å². The maximum Gasteiger partial charge on any atom is 0.0992 e. The van der Waals surface area contributed by atoms with E-state index in [2.05, 4.69) is 106 Å². The van der Waals surface area contributed by atoms with E-state index in [1.165, 1.54) is 16.3 Å². The fraction of sp³-hybridized carbons (Fsp3) is 0. The smallest absolute Gasteiger partial charge is 0.0992 e. The van der Waals surface area contributed by atoms with Crippen molar-refractivity contribution in [3.63, 3.8) is 0 Å². The van der Waals surface area contributed by atoms with Gasteiger partial charge in [-0.1, -0.05) is 66.7 Å². The van der Waals surface area contributed by atoms with Crippen LogP contribution in [-0.4, -0.2) is 9.13 Å². The largest absolute Gasteiger partial charge is 0.309 e. The van der Waals surface area contributed by atoms with E-state index in [9.17, 15) is 10.5 Å². The second-order valence-electron chi connectivity index (χ2n) is 10.5. The van der Waals surface area contributed by atoms with Crippen molar-refractivity contribution < 1.29 is 0 Å². The first kappa shape index (κ1) is 23.8. The van der Waals surface area contributed by atoms with Crippen LogP contribution in [0.1, 0.15) is 11.1 Å². The van der Waals surface area contributed by atoms with Crippen molar-refractivity contribution >= 4 is 43.6 Å². The van der Waals surface area contributed by atoms with Crippen LogP contribution < -0.4 is 0 Å². The minimum Gasteiger partial charge on any atom is -0.309 e. The quantitative estimate of drug-likeness (QED) is 0.227. The second kappa shape index (κ2) is 9.24. The van der Waals surface area contributed by atoms with Crippen molar-refractivity contribution in [3.05, 3.63) is 145 Å². The highest BCUT2D eigenvalue weighted by molar-refractivity contribution is 6.15. The van der Waals surface area contributed by atoms with Gasteiger partial charge in [0.1, 0.15) is 0 Å². The fourth-order valence-electron chi connectivity index (χ4n) is 6.35. The van der Waals surface area contributed by atoms with E-state index in [1.807, 2.05) is 48.5 Å². The second-order valence-corrected chi connectivity index (χ2v) is 10.5. The van der Waals surface area contributed by atoms with E-state index in [1.54, 1.807) is 0 Å². The molecule has 0 aliphatic heterocycles. The molecule has 0 N–H and O–H groups in total. The molecule has 0 bridgehead atoms.